The largest absolute Gasteiger partial charge is 0.465 e. The molecule has 5 heteroatoms. The summed E-state index contributed by atoms with van der Waals surface area (Å²) in [5.41, 5.74) is -0.607. The number of ketones is 1. The Balaban J connectivity index is 2.97. The summed E-state index contributed by atoms with van der Waals surface area (Å²) in [6.07, 6.45) is 7.17. The molecule has 0 heterocycles. The summed E-state index contributed by atoms with van der Waals surface area (Å²) < 4.78 is 10.1. The van der Waals surface area contributed by atoms with Crippen molar-refractivity contribution in [3.8, 4) is 0 Å². The number of carbonyl (C=O) groups is 3. The molecule has 0 unspecified atom stereocenters. The molecule has 0 aliphatic heterocycles. The molecular weight excluding hydrogens is 320 g/mol. The molecule has 0 aromatic carbocycles. The highest BCUT2D eigenvalue weighted by atomic mass is 16.6. The molecule has 0 amide bonds. The summed E-state index contributed by atoms with van der Waals surface area (Å²) in [5, 5.41) is 0. The molecule has 1 rings (SSSR count). The highest BCUT2D eigenvalue weighted by molar-refractivity contribution is 6.11. The number of esters is 2. The maximum atomic E-state index is 12.6. The van der Waals surface area contributed by atoms with Crippen molar-refractivity contribution < 1.29 is 23.9 Å². The zero-order valence-corrected chi connectivity index (χ0v) is 15.3. The lowest BCUT2D eigenvalue weighted by Gasteiger charge is -2.33. The summed E-state index contributed by atoms with van der Waals surface area (Å²) >= 11 is 0. The number of hydrogen-bond donors (Lipinski definition) is 0. The Hall–Kier alpha value is -2.17. The van der Waals surface area contributed by atoms with Crippen molar-refractivity contribution >= 4 is 17.7 Å². The molecule has 0 saturated heterocycles. The average Bonchev–Trinajstić information content (AvgIpc) is 2.56. The van der Waals surface area contributed by atoms with Gasteiger partial charge in [0.05, 0.1) is 13.2 Å². The summed E-state index contributed by atoms with van der Waals surface area (Å²) in [5.74, 6) is -1.69. The van der Waals surface area contributed by atoms with Gasteiger partial charge < -0.3 is 9.47 Å². The lowest BCUT2D eigenvalue weighted by Crippen LogP contribution is -2.47. The Labute approximate surface area is 149 Å². The molecule has 138 valence electrons. The van der Waals surface area contributed by atoms with Crippen LogP contribution in [0.3, 0.4) is 0 Å². The molecule has 25 heavy (non-hydrogen) atoms. The van der Waals surface area contributed by atoms with Crippen molar-refractivity contribution in [1.29, 1.82) is 0 Å². The number of unbranched alkanes of at least 4 members (excludes halogenated alkanes) is 3. The topological polar surface area (TPSA) is 69.7 Å². The van der Waals surface area contributed by atoms with Crippen molar-refractivity contribution in [3.05, 3.63) is 36.5 Å². The first kappa shape index (κ1) is 20.9. The van der Waals surface area contributed by atoms with Gasteiger partial charge in [0.25, 0.3) is 0 Å². The quantitative estimate of drug-likeness (QED) is 0.209. The maximum absolute atomic E-state index is 12.6. The SMILES string of the molecule is C=CCCCCC=C1C(=C)CC(C(=O)OCC)(C(=O)OCC)CC1=O. The fraction of sp³-hybridized carbons (Fsp3) is 0.550. The van der Waals surface area contributed by atoms with Gasteiger partial charge in [-0.15, -0.1) is 6.58 Å². The van der Waals surface area contributed by atoms with Crippen LogP contribution in [-0.2, 0) is 23.9 Å². The van der Waals surface area contributed by atoms with Crippen molar-refractivity contribution in [2.45, 2.75) is 52.4 Å². The minimum absolute atomic E-state index is 0.0505. The first-order chi connectivity index (χ1) is 11.9. The van der Waals surface area contributed by atoms with Gasteiger partial charge in [-0.3, -0.25) is 14.4 Å². The van der Waals surface area contributed by atoms with Gasteiger partial charge in [0.2, 0.25) is 0 Å². The summed E-state index contributed by atoms with van der Waals surface area (Å²) in [6, 6.07) is 0. The Bertz CT molecular complexity index is 531. The zero-order chi connectivity index (χ0) is 18.9. The Morgan fingerprint density at radius 1 is 1.08 bits per heavy atom. The fourth-order valence-electron chi connectivity index (χ4n) is 2.94. The number of Topliss-reactive ketones (excluding diaryl/α,β-unsaturated/α-hetero) is 1. The second-order valence-electron chi connectivity index (χ2n) is 6.09. The lowest BCUT2D eigenvalue weighted by atomic mass is 9.69. The third-order valence-corrected chi connectivity index (χ3v) is 4.20. The molecule has 0 aromatic heterocycles. The van der Waals surface area contributed by atoms with Crippen LogP contribution in [0.5, 0.6) is 0 Å². The van der Waals surface area contributed by atoms with Crippen LogP contribution in [0, 0.1) is 5.41 Å². The predicted molar refractivity (Wildman–Crippen MR) is 95.8 cm³/mol. The predicted octanol–water partition coefficient (Wildman–Crippen LogP) is 3.69. The van der Waals surface area contributed by atoms with Crippen LogP contribution in [0.2, 0.25) is 0 Å². The molecule has 0 bridgehead atoms. The minimum Gasteiger partial charge on any atom is -0.465 e. The van der Waals surface area contributed by atoms with Gasteiger partial charge in [0.1, 0.15) is 0 Å². The highest BCUT2D eigenvalue weighted by Crippen LogP contribution is 2.42. The smallest absolute Gasteiger partial charge is 0.324 e. The van der Waals surface area contributed by atoms with E-state index in [-0.39, 0.29) is 31.8 Å². The van der Waals surface area contributed by atoms with Gasteiger partial charge in [-0.05, 0) is 51.5 Å². The van der Waals surface area contributed by atoms with E-state index in [9.17, 15) is 14.4 Å². The van der Waals surface area contributed by atoms with E-state index in [1.54, 1.807) is 13.8 Å². The van der Waals surface area contributed by atoms with E-state index in [0.717, 1.165) is 25.7 Å². The number of hydrogen-bond acceptors (Lipinski definition) is 5. The van der Waals surface area contributed by atoms with Crippen LogP contribution in [0.1, 0.15) is 52.4 Å². The molecular formula is C20H28O5. The number of allylic oxidation sites excluding steroid dienone is 4. The minimum atomic E-state index is -1.61. The molecule has 0 spiro atoms. The second-order valence-corrected chi connectivity index (χ2v) is 6.09. The first-order valence-corrected chi connectivity index (χ1v) is 8.79. The zero-order valence-electron chi connectivity index (χ0n) is 15.3. The van der Waals surface area contributed by atoms with Crippen molar-refractivity contribution in [3.63, 3.8) is 0 Å². The third kappa shape index (κ3) is 5.15. The molecule has 1 aliphatic rings. The van der Waals surface area contributed by atoms with Gasteiger partial charge in [-0.25, -0.2) is 0 Å². The van der Waals surface area contributed by atoms with Crippen molar-refractivity contribution in [2.75, 3.05) is 13.2 Å². The summed E-state index contributed by atoms with van der Waals surface area (Å²) in [4.78, 5) is 37.4. The van der Waals surface area contributed by atoms with E-state index in [2.05, 4.69) is 13.2 Å². The van der Waals surface area contributed by atoms with Gasteiger partial charge in [-0.2, -0.15) is 0 Å². The lowest BCUT2D eigenvalue weighted by molar-refractivity contribution is -0.174. The molecule has 5 nitrogen and oxygen atoms in total. The van der Waals surface area contributed by atoms with Crippen molar-refractivity contribution in [2.24, 2.45) is 5.41 Å². The molecule has 0 radical (unpaired) electrons. The van der Waals surface area contributed by atoms with Gasteiger partial charge in [0.15, 0.2) is 11.2 Å². The van der Waals surface area contributed by atoms with E-state index in [1.165, 1.54) is 0 Å². The third-order valence-electron chi connectivity index (χ3n) is 4.20. The first-order valence-electron chi connectivity index (χ1n) is 8.79. The van der Waals surface area contributed by atoms with Crippen LogP contribution < -0.4 is 0 Å². The molecule has 1 aliphatic carbocycles. The van der Waals surface area contributed by atoms with E-state index in [1.807, 2.05) is 12.2 Å². The molecule has 1 fully saturated rings. The van der Waals surface area contributed by atoms with Gasteiger partial charge in [0, 0.05) is 12.0 Å². The number of rotatable bonds is 9. The van der Waals surface area contributed by atoms with E-state index in [4.69, 9.17) is 9.47 Å². The van der Waals surface area contributed by atoms with Crippen LogP contribution in [-0.4, -0.2) is 30.9 Å². The van der Waals surface area contributed by atoms with E-state index in [0.29, 0.717) is 11.1 Å². The normalized spacial score (nSPS) is 18.1. The van der Waals surface area contributed by atoms with Gasteiger partial charge in [-0.1, -0.05) is 18.7 Å². The molecule has 0 aromatic rings. The Kier molecular flexibility index (Phi) is 8.32. The van der Waals surface area contributed by atoms with Crippen LogP contribution >= 0.6 is 0 Å². The van der Waals surface area contributed by atoms with E-state index >= 15 is 0 Å². The number of carbonyl (C=O) groups excluding carboxylic acids is 3. The van der Waals surface area contributed by atoms with Crippen LogP contribution in [0.4, 0.5) is 0 Å². The highest BCUT2D eigenvalue weighted by Gasteiger charge is 2.53. The Morgan fingerprint density at radius 2 is 1.64 bits per heavy atom. The average molecular weight is 348 g/mol. The summed E-state index contributed by atoms with van der Waals surface area (Å²) in [7, 11) is 0. The standard InChI is InChI=1S/C20H28O5/c1-5-8-9-10-11-12-16-15(4)13-20(14-17(16)21,18(22)24-6-2)19(23)25-7-3/h5,12H,1,4,6-11,13-14H2,2-3H3. The van der Waals surface area contributed by atoms with E-state index < -0.39 is 17.4 Å². The molecule has 0 atom stereocenters. The maximum Gasteiger partial charge on any atom is 0.324 e. The fourth-order valence-corrected chi connectivity index (χ4v) is 2.94. The molecule has 0 N–H and O–H groups in total. The summed E-state index contributed by atoms with van der Waals surface area (Å²) in [6.45, 7) is 11.2. The Morgan fingerprint density at radius 3 is 2.12 bits per heavy atom. The van der Waals surface area contributed by atoms with Crippen molar-refractivity contribution in [1.82, 2.24) is 0 Å². The molecule has 1 saturated carbocycles. The van der Waals surface area contributed by atoms with Crippen LogP contribution in [0.15, 0.2) is 36.5 Å². The second kappa shape index (κ2) is 9.97. The monoisotopic (exact) mass is 348 g/mol. The van der Waals surface area contributed by atoms with Gasteiger partial charge >= 0.3 is 11.9 Å². The van der Waals surface area contributed by atoms with Crippen LogP contribution in [0.25, 0.3) is 0 Å². The number of ether oxygens (including phenoxy) is 2.